The molecule has 0 radical (unpaired) electrons. The highest BCUT2D eigenvalue weighted by atomic mass is 79.9. The van der Waals surface area contributed by atoms with Gasteiger partial charge < -0.3 is 0 Å². The maximum absolute atomic E-state index is 12.2. The first kappa shape index (κ1) is 16.0. The second kappa shape index (κ2) is 7.10. The molecule has 1 heterocycles. The number of aromatic nitrogens is 3. The van der Waals surface area contributed by atoms with Crippen molar-refractivity contribution in [3.63, 3.8) is 0 Å². The van der Waals surface area contributed by atoms with Crippen LogP contribution in [-0.2, 0) is 5.75 Å². The van der Waals surface area contributed by atoms with Crippen LogP contribution in [-0.4, -0.2) is 15.2 Å². The van der Waals surface area contributed by atoms with Gasteiger partial charge >= 0.3 is 0 Å². The molecule has 4 nitrogen and oxygen atoms in total. The third-order valence-electron chi connectivity index (χ3n) is 3.29. The number of aromatic amines is 1. The van der Waals surface area contributed by atoms with Crippen LogP contribution in [0.4, 0.5) is 0 Å². The van der Waals surface area contributed by atoms with Crippen LogP contribution in [0.3, 0.4) is 0 Å². The minimum atomic E-state index is -0.220. The number of hydrogen-bond donors (Lipinski definition) is 1. The maximum atomic E-state index is 12.2. The highest BCUT2D eigenvalue weighted by Gasteiger charge is 2.08. The summed E-state index contributed by atoms with van der Waals surface area (Å²) in [6, 6.07) is 15.7. The molecule has 23 heavy (non-hydrogen) atoms. The Labute approximate surface area is 146 Å². The molecule has 0 bridgehead atoms. The van der Waals surface area contributed by atoms with Crippen LogP contribution in [0.5, 0.6) is 0 Å². The topological polar surface area (TPSA) is 58.6 Å². The smallest absolute Gasteiger partial charge is 0.278 e. The molecular weight excluding hydrogens is 374 g/mol. The molecule has 0 atom stereocenters. The maximum Gasteiger partial charge on any atom is 0.278 e. The van der Waals surface area contributed by atoms with E-state index in [1.54, 1.807) is 0 Å². The van der Waals surface area contributed by atoms with Crippen molar-refractivity contribution in [3.8, 4) is 11.3 Å². The number of thioether (sulfide) groups is 1. The number of H-pyrrole nitrogens is 1. The molecule has 0 amide bonds. The summed E-state index contributed by atoms with van der Waals surface area (Å²) in [5.41, 5.74) is 3.19. The van der Waals surface area contributed by atoms with Crippen molar-refractivity contribution in [2.75, 3.05) is 0 Å². The first-order valence-electron chi connectivity index (χ1n) is 7.03. The summed E-state index contributed by atoms with van der Waals surface area (Å²) >= 11 is 4.86. The van der Waals surface area contributed by atoms with E-state index in [1.807, 2.05) is 55.5 Å². The molecule has 1 N–H and O–H groups in total. The van der Waals surface area contributed by atoms with Crippen molar-refractivity contribution >= 4 is 27.7 Å². The fourth-order valence-corrected chi connectivity index (χ4v) is 3.04. The van der Waals surface area contributed by atoms with Crippen molar-refractivity contribution in [1.82, 2.24) is 15.2 Å². The summed E-state index contributed by atoms with van der Waals surface area (Å²) in [6.07, 6.45) is 0. The predicted octanol–water partition coefficient (Wildman–Crippen LogP) is 4.20. The van der Waals surface area contributed by atoms with Gasteiger partial charge in [-0.05, 0) is 24.6 Å². The Kier molecular flexibility index (Phi) is 4.93. The van der Waals surface area contributed by atoms with E-state index in [0.717, 1.165) is 26.9 Å². The van der Waals surface area contributed by atoms with E-state index < -0.39 is 0 Å². The van der Waals surface area contributed by atoms with E-state index in [0.29, 0.717) is 10.9 Å². The van der Waals surface area contributed by atoms with E-state index in [9.17, 15) is 4.79 Å². The predicted molar refractivity (Wildman–Crippen MR) is 96.5 cm³/mol. The Hall–Kier alpha value is -1.92. The van der Waals surface area contributed by atoms with Gasteiger partial charge in [-0.15, -0.1) is 10.2 Å². The molecule has 0 fully saturated rings. The lowest BCUT2D eigenvalue weighted by Crippen LogP contribution is -2.14. The minimum absolute atomic E-state index is 0.220. The Bertz CT molecular complexity index is 860. The number of hydrogen-bond acceptors (Lipinski definition) is 4. The monoisotopic (exact) mass is 387 g/mol. The number of aryl methyl sites for hydroxylation is 1. The van der Waals surface area contributed by atoms with Gasteiger partial charge in [-0.25, -0.2) is 0 Å². The molecule has 0 saturated heterocycles. The zero-order valence-electron chi connectivity index (χ0n) is 12.4. The molecule has 116 valence electrons. The second-order valence-electron chi connectivity index (χ2n) is 5.09. The summed E-state index contributed by atoms with van der Waals surface area (Å²) in [5, 5.41) is 8.72. The Morgan fingerprint density at radius 1 is 1.04 bits per heavy atom. The SMILES string of the molecule is Cc1ccc(-c2nnc(SCc3ccc(Br)cc3)[nH]c2=O)cc1. The highest BCUT2D eigenvalue weighted by Crippen LogP contribution is 2.20. The van der Waals surface area contributed by atoms with Crippen LogP contribution < -0.4 is 5.56 Å². The van der Waals surface area contributed by atoms with Crippen molar-refractivity contribution in [2.45, 2.75) is 17.8 Å². The minimum Gasteiger partial charge on any atom is -0.298 e. The van der Waals surface area contributed by atoms with Crippen LogP contribution in [0.15, 0.2) is 63.0 Å². The lowest BCUT2D eigenvalue weighted by molar-refractivity contribution is 0.824. The first-order chi connectivity index (χ1) is 11.1. The van der Waals surface area contributed by atoms with Gasteiger partial charge in [-0.3, -0.25) is 9.78 Å². The van der Waals surface area contributed by atoms with E-state index >= 15 is 0 Å². The third-order valence-corrected chi connectivity index (χ3v) is 4.75. The molecule has 0 spiro atoms. The van der Waals surface area contributed by atoms with E-state index in [1.165, 1.54) is 11.8 Å². The fraction of sp³-hybridized carbons (Fsp3) is 0.118. The lowest BCUT2D eigenvalue weighted by atomic mass is 10.1. The van der Waals surface area contributed by atoms with Gasteiger partial charge in [-0.1, -0.05) is 69.7 Å². The third kappa shape index (κ3) is 4.09. The van der Waals surface area contributed by atoms with Crippen LogP contribution in [0.2, 0.25) is 0 Å². The van der Waals surface area contributed by atoms with Gasteiger partial charge in [0.25, 0.3) is 5.56 Å². The summed E-state index contributed by atoms with van der Waals surface area (Å²) in [4.78, 5) is 15.0. The van der Waals surface area contributed by atoms with Crippen LogP contribution in [0.25, 0.3) is 11.3 Å². The number of benzene rings is 2. The van der Waals surface area contributed by atoms with Crippen LogP contribution in [0.1, 0.15) is 11.1 Å². The average Bonchev–Trinajstić information content (AvgIpc) is 2.55. The van der Waals surface area contributed by atoms with Gasteiger partial charge in [0.2, 0.25) is 0 Å². The molecule has 0 aliphatic rings. The molecule has 2 aromatic carbocycles. The van der Waals surface area contributed by atoms with Gasteiger partial charge in [0.05, 0.1) is 0 Å². The molecule has 3 aromatic rings. The van der Waals surface area contributed by atoms with Crippen molar-refractivity contribution in [1.29, 1.82) is 0 Å². The number of nitrogens with one attached hydrogen (secondary N) is 1. The second-order valence-corrected chi connectivity index (χ2v) is 6.97. The number of rotatable bonds is 4. The van der Waals surface area contributed by atoms with E-state index in [2.05, 4.69) is 31.1 Å². The zero-order valence-corrected chi connectivity index (χ0v) is 14.8. The molecule has 6 heteroatoms. The Morgan fingerprint density at radius 3 is 2.39 bits per heavy atom. The molecule has 0 aliphatic carbocycles. The molecule has 3 rings (SSSR count). The normalized spacial score (nSPS) is 10.7. The first-order valence-corrected chi connectivity index (χ1v) is 8.81. The number of nitrogens with zero attached hydrogens (tertiary/aromatic N) is 2. The summed E-state index contributed by atoms with van der Waals surface area (Å²) in [5.74, 6) is 0.724. The zero-order chi connectivity index (χ0) is 16.2. The van der Waals surface area contributed by atoms with Crippen molar-refractivity contribution < 1.29 is 0 Å². The Morgan fingerprint density at radius 2 is 1.74 bits per heavy atom. The van der Waals surface area contributed by atoms with Gasteiger partial charge in [0.1, 0.15) is 0 Å². The molecular formula is C17H14BrN3OS. The van der Waals surface area contributed by atoms with Crippen molar-refractivity contribution in [2.24, 2.45) is 0 Å². The van der Waals surface area contributed by atoms with Gasteiger partial charge in [0.15, 0.2) is 10.9 Å². The highest BCUT2D eigenvalue weighted by molar-refractivity contribution is 9.10. The summed E-state index contributed by atoms with van der Waals surface area (Å²) < 4.78 is 1.04. The molecule has 1 aromatic heterocycles. The van der Waals surface area contributed by atoms with E-state index in [-0.39, 0.29) is 5.56 Å². The molecule has 0 saturated carbocycles. The summed E-state index contributed by atoms with van der Waals surface area (Å²) in [7, 11) is 0. The largest absolute Gasteiger partial charge is 0.298 e. The Balaban J connectivity index is 1.75. The molecule has 0 unspecified atom stereocenters. The van der Waals surface area contributed by atoms with Gasteiger partial charge in [0, 0.05) is 15.8 Å². The molecule has 0 aliphatic heterocycles. The van der Waals surface area contributed by atoms with Crippen LogP contribution >= 0.6 is 27.7 Å². The van der Waals surface area contributed by atoms with E-state index in [4.69, 9.17) is 0 Å². The van der Waals surface area contributed by atoms with Crippen molar-refractivity contribution in [3.05, 3.63) is 74.5 Å². The number of halogens is 1. The average molecular weight is 388 g/mol. The van der Waals surface area contributed by atoms with Crippen LogP contribution in [0, 0.1) is 6.92 Å². The van der Waals surface area contributed by atoms with Gasteiger partial charge in [-0.2, -0.15) is 0 Å². The summed E-state index contributed by atoms with van der Waals surface area (Å²) in [6.45, 7) is 2.00. The lowest BCUT2D eigenvalue weighted by Gasteiger charge is -2.03. The standard InChI is InChI=1S/C17H14BrN3OS/c1-11-2-6-13(7-3-11)15-16(22)19-17(21-20-15)23-10-12-4-8-14(18)9-5-12/h2-9H,10H2,1H3,(H,19,21,22). The fourth-order valence-electron chi connectivity index (χ4n) is 2.02. The quantitative estimate of drug-likeness (QED) is 0.681.